The maximum absolute atomic E-state index is 11.7. The SMILES string of the molecule is O=C1NC=C(C(=O)O)C(c2cc(Br)ccc2OCc2ccccc2)N1. The number of carboxylic acid groups (broad SMARTS) is 1. The van der Waals surface area contributed by atoms with Gasteiger partial charge in [-0.25, -0.2) is 9.59 Å². The summed E-state index contributed by atoms with van der Waals surface area (Å²) in [5.41, 5.74) is 1.58. The Balaban J connectivity index is 1.93. The lowest BCUT2D eigenvalue weighted by atomic mass is 9.97. The summed E-state index contributed by atoms with van der Waals surface area (Å²) in [6.07, 6.45) is 1.20. The molecular weight excluding hydrogens is 388 g/mol. The van der Waals surface area contributed by atoms with Crippen molar-refractivity contribution in [2.45, 2.75) is 12.6 Å². The van der Waals surface area contributed by atoms with E-state index in [1.807, 2.05) is 30.3 Å². The number of amides is 2. The molecule has 1 heterocycles. The lowest BCUT2D eigenvalue weighted by Crippen LogP contribution is -2.42. The van der Waals surface area contributed by atoms with Crippen molar-refractivity contribution in [2.75, 3.05) is 0 Å². The number of aliphatic carboxylic acids is 1. The van der Waals surface area contributed by atoms with Gasteiger partial charge in [0, 0.05) is 16.2 Å². The molecule has 25 heavy (non-hydrogen) atoms. The van der Waals surface area contributed by atoms with Gasteiger partial charge in [0.1, 0.15) is 12.4 Å². The van der Waals surface area contributed by atoms with E-state index in [1.54, 1.807) is 18.2 Å². The van der Waals surface area contributed by atoms with Gasteiger partial charge in [0.25, 0.3) is 0 Å². The second kappa shape index (κ2) is 7.40. The fourth-order valence-corrected chi connectivity index (χ4v) is 2.90. The van der Waals surface area contributed by atoms with Gasteiger partial charge in [-0.3, -0.25) is 0 Å². The van der Waals surface area contributed by atoms with Crippen molar-refractivity contribution in [2.24, 2.45) is 0 Å². The van der Waals surface area contributed by atoms with Crippen LogP contribution in [0.2, 0.25) is 0 Å². The van der Waals surface area contributed by atoms with E-state index in [4.69, 9.17) is 4.74 Å². The number of rotatable bonds is 5. The fraction of sp³-hybridized carbons (Fsp3) is 0.111. The van der Waals surface area contributed by atoms with Gasteiger partial charge >= 0.3 is 12.0 Å². The summed E-state index contributed by atoms with van der Waals surface area (Å²) in [5, 5.41) is 14.4. The Labute approximate surface area is 152 Å². The number of hydrogen-bond donors (Lipinski definition) is 3. The zero-order chi connectivity index (χ0) is 17.8. The fourth-order valence-electron chi connectivity index (χ4n) is 2.52. The summed E-state index contributed by atoms with van der Waals surface area (Å²) >= 11 is 3.38. The standard InChI is InChI=1S/C18H15BrN2O4/c19-12-6-7-15(25-10-11-4-2-1-3-5-11)13(8-12)16-14(17(22)23)9-20-18(24)21-16/h1-9,16H,10H2,(H,22,23)(H2,20,21,24). The Morgan fingerprint density at radius 3 is 2.68 bits per heavy atom. The van der Waals surface area contributed by atoms with Crippen LogP contribution in [0.15, 0.2) is 64.8 Å². The molecule has 0 aromatic heterocycles. The van der Waals surface area contributed by atoms with E-state index < -0.39 is 18.0 Å². The van der Waals surface area contributed by atoms with Crippen LogP contribution < -0.4 is 15.4 Å². The minimum atomic E-state index is -1.12. The molecule has 7 heteroatoms. The zero-order valence-electron chi connectivity index (χ0n) is 13.0. The number of nitrogens with one attached hydrogen (secondary N) is 2. The van der Waals surface area contributed by atoms with Gasteiger partial charge in [-0.15, -0.1) is 0 Å². The first-order valence-electron chi connectivity index (χ1n) is 7.51. The smallest absolute Gasteiger partial charge is 0.335 e. The van der Waals surface area contributed by atoms with Gasteiger partial charge in [-0.2, -0.15) is 0 Å². The van der Waals surface area contributed by atoms with Gasteiger partial charge in [-0.1, -0.05) is 46.3 Å². The minimum absolute atomic E-state index is 0.0299. The van der Waals surface area contributed by atoms with Gasteiger partial charge in [0.15, 0.2) is 0 Å². The molecule has 1 aliphatic heterocycles. The maximum atomic E-state index is 11.7. The molecule has 0 saturated heterocycles. The molecule has 1 atom stereocenters. The van der Waals surface area contributed by atoms with Crippen LogP contribution in [0.5, 0.6) is 5.75 Å². The number of urea groups is 1. The van der Waals surface area contributed by atoms with Crippen LogP contribution in [0, 0.1) is 0 Å². The number of carbonyl (C=O) groups excluding carboxylic acids is 1. The van der Waals surface area contributed by atoms with Crippen LogP contribution in [0.25, 0.3) is 0 Å². The van der Waals surface area contributed by atoms with Crippen molar-refractivity contribution in [1.82, 2.24) is 10.6 Å². The minimum Gasteiger partial charge on any atom is -0.489 e. The van der Waals surface area contributed by atoms with Gasteiger partial charge < -0.3 is 20.5 Å². The summed E-state index contributed by atoms with van der Waals surface area (Å²) in [7, 11) is 0. The molecule has 128 valence electrons. The summed E-state index contributed by atoms with van der Waals surface area (Å²) in [5.74, 6) is -0.613. The number of hydrogen-bond acceptors (Lipinski definition) is 3. The van der Waals surface area contributed by atoms with Crippen LogP contribution in [0.3, 0.4) is 0 Å². The van der Waals surface area contributed by atoms with Crippen LogP contribution in [0.1, 0.15) is 17.2 Å². The highest BCUT2D eigenvalue weighted by atomic mass is 79.9. The Morgan fingerprint density at radius 2 is 1.96 bits per heavy atom. The Hall–Kier alpha value is -2.80. The van der Waals surface area contributed by atoms with E-state index in [0.717, 1.165) is 10.0 Å². The number of benzene rings is 2. The van der Waals surface area contributed by atoms with E-state index in [-0.39, 0.29) is 5.57 Å². The molecule has 0 aliphatic carbocycles. The zero-order valence-corrected chi connectivity index (χ0v) is 14.6. The summed E-state index contributed by atoms with van der Waals surface area (Å²) in [4.78, 5) is 23.2. The van der Waals surface area contributed by atoms with Crippen LogP contribution in [0.4, 0.5) is 4.79 Å². The first-order chi connectivity index (χ1) is 12.0. The highest BCUT2D eigenvalue weighted by Gasteiger charge is 2.30. The first kappa shape index (κ1) is 17.0. The largest absolute Gasteiger partial charge is 0.489 e. The predicted octanol–water partition coefficient (Wildman–Crippen LogP) is 3.35. The summed E-state index contributed by atoms with van der Waals surface area (Å²) in [6, 6.07) is 13.6. The molecule has 0 radical (unpaired) electrons. The van der Waals surface area contributed by atoms with Crippen LogP contribution in [-0.4, -0.2) is 17.1 Å². The second-order valence-electron chi connectivity index (χ2n) is 5.41. The quantitative estimate of drug-likeness (QED) is 0.715. The Kier molecular flexibility index (Phi) is 5.04. The van der Waals surface area contributed by atoms with Crippen molar-refractivity contribution in [3.63, 3.8) is 0 Å². The van der Waals surface area contributed by atoms with Crippen LogP contribution >= 0.6 is 15.9 Å². The van der Waals surface area contributed by atoms with Gasteiger partial charge in [0.2, 0.25) is 0 Å². The van der Waals surface area contributed by atoms with E-state index in [0.29, 0.717) is 17.9 Å². The lowest BCUT2D eigenvalue weighted by Gasteiger charge is -2.26. The third kappa shape index (κ3) is 4.00. The molecule has 3 N–H and O–H groups in total. The average Bonchev–Trinajstić information content (AvgIpc) is 2.61. The van der Waals surface area contributed by atoms with Gasteiger partial charge in [0.05, 0.1) is 11.6 Å². The average molecular weight is 403 g/mol. The molecule has 0 fully saturated rings. The van der Waals surface area contributed by atoms with Crippen LogP contribution in [-0.2, 0) is 11.4 Å². The number of carboxylic acids is 1. The van der Waals surface area contributed by atoms with Crippen molar-refractivity contribution in [3.8, 4) is 5.75 Å². The second-order valence-corrected chi connectivity index (χ2v) is 6.33. The van der Waals surface area contributed by atoms with Crippen molar-refractivity contribution in [1.29, 1.82) is 0 Å². The molecule has 2 amide bonds. The lowest BCUT2D eigenvalue weighted by molar-refractivity contribution is -0.133. The van der Waals surface area contributed by atoms with E-state index in [2.05, 4.69) is 26.6 Å². The van der Waals surface area contributed by atoms with Crippen molar-refractivity contribution < 1.29 is 19.4 Å². The third-order valence-corrected chi connectivity index (χ3v) is 4.21. The monoisotopic (exact) mass is 402 g/mol. The third-order valence-electron chi connectivity index (χ3n) is 3.71. The molecule has 2 aromatic rings. The normalized spacial score (nSPS) is 16.4. The summed E-state index contributed by atoms with van der Waals surface area (Å²) in [6.45, 7) is 0.334. The van der Waals surface area contributed by atoms with Crippen molar-refractivity contribution >= 4 is 27.9 Å². The molecule has 0 saturated carbocycles. The highest BCUT2D eigenvalue weighted by Crippen LogP contribution is 2.34. The van der Waals surface area contributed by atoms with Crippen molar-refractivity contribution in [3.05, 3.63) is 75.9 Å². The predicted molar refractivity (Wildman–Crippen MR) is 95.0 cm³/mol. The molecule has 1 unspecified atom stereocenters. The Morgan fingerprint density at radius 1 is 1.20 bits per heavy atom. The molecule has 6 nitrogen and oxygen atoms in total. The summed E-state index contributed by atoms with van der Waals surface area (Å²) < 4.78 is 6.64. The Bertz CT molecular complexity index is 836. The maximum Gasteiger partial charge on any atom is 0.335 e. The topological polar surface area (TPSA) is 87.7 Å². The molecule has 0 spiro atoms. The molecule has 2 aromatic carbocycles. The number of carbonyl (C=O) groups is 2. The first-order valence-corrected chi connectivity index (χ1v) is 8.30. The molecule has 1 aliphatic rings. The number of ether oxygens (including phenoxy) is 1. The van der Waals surface area contributed by atoms with E-state index in [9.17, 15) is 14.7 Å². The van der Waals surface area contributed by atoms with E-state index in [1.165, 1.54) is 6.20 Å². The highest BCUT2D eigenvalue weighted by molar-refractivity contribution is 9.10. The number of halogens is 1. The molecular formula is C18H15BrN2O4. The van der Waals surface area contributed by atoms with E-state index >= 15 is 0 Å². The molecule has 3 rings (SSSR count). The van der Waals surface area contributed by atoms with Gasteiger partial charge in [-0.05, 0) is 23.8 Å². The molecule has 0 bridgehead atoms.